The van der Waals surface area contributed by atoms with Crippen LogP contribution in [0.5, 0.6) is 0 Å². The van der Waals surface area contributed by atoms with Gasteiger partial charge in [0.25, 0.3) is 5.91 Å². The fourth-order valence-corrected chi connectivity index (χ4v) is 4.73. The highest BCUT2D eigenvalue weighted by Gasteiger charge is 2.27. The number of hydrogen-bond acceptors (Lipinski definition) is 7. The maximum atomic E-state index is 12.5. The SMILES string of the molecule is CCOC(=O)c1c(NC(=O)COC(=O)C(C#N)=Cc2ccc(Cl)cc2)sc2c1CCCC2. The predicted molar refractivity (Wildman–Crippen MR) is 122 cm³/mol. The van der Waals surface area contributed by atoms with Crippen LogP contribution in [0.3, 0.4) is 0 Å². The van der Waals surface area contributed by atoms with Gasteiger partial charge in [-0.15, -0.1) is 11.3 Å². The molecule has 2 aromatic rings. The number of nitriles is 1. The molecule has 1 aromatic carbocycles. The fraction of sp³-hybridized carbons (Fsp3) is 0.304. The Morgan fingerprint density at radius 1 is 1.19 bits per heavy atom. The van der Waals surface area contributed by atoms with Gasteiger partial charge in [-0.25, -0.2) is 9.59 Å². The second-order valence-electron chi connectivity index (χ2n) is 6.98. The van der Waals surface area contributed by atoms with Crippen LogP contribution in [0.25, 0.3) is 6.08 Å². The van der Waals surface area contributed by atoms with Crippen LogP contribution in [-0.2, 0) is 31.9 Å². The Kier molecular flexibility index (Phi) is 8.03. The van der Waals surface area contributed by atoms with Gasteiger partial charge in [0.05, 0.1) is 12.2 Å². The molecule has 1 amide bonds. The number of carbonyl (C=O) groups is 3. The molecule has 0 atom stereocenters. The Bertz CT molecular complexity index is 1100. The van der Waals surface area contributed by atoms with E-state index in [0.717, 1.165) is 36.1 Å². The normalized spacial score (nSPS) is 13.0. The maximum Gasteiger partial charge on any atom is 0.349 e. The molecule has 1 heterocycles. The summed E-state index contributed by atoms with van der Waals surface area (Å²) in [7, 11) is 0. The van der Waals surface area contributed by atoms with Gasteiger partial charge < -0.3 is 14.8 Å². The molecule has 0 bridgehead atoms. The third-order valence-electron chi connectivity index (χ3n) is 4.76. The van der Waals surface area contributed by atoms with E-state index >= 15 is 0 Å². The van der Waals surface area contributed by atoms with Crippen molar-refractivity contribution in [3.63, 3.8) is 0 Å². The first-order valence-corrected chi connectivity index (χ1v) is 11.3. The monoisotopic (exact) mass is 472 g/mol. The average Bonchev–Trinajstić information content (AvgIpc) is 3.15. The van der Waals surface area contributed by atoms with Gasteiger partial charge in [-0.05, 0) is 61.9 Å². The lowest BCUT2D eigenvalue weighted by atomic mass is 9.95. The molecule has 0 saturated carbocycles. The molecule has 1 aliphatic rings. The number of hydrogen-bond donors (Lipinski definition) is 1. The minimum atomic E-state index is -0.923. The van der Waals surface area contributed by atoms with Crippen LogP contribution in [0.15, 0.2) is 29.8 Å². The van der Waals surface area contributed by atoms with Gasteiger partial charge in [0, 0.05) is 9.90 Å². The number of esters is 2. The Morgan fingerprint density at radius 2 is 1.91 bits per heavy atom. The lowest BCUT2D eigenvalue weighted by Gasteiger charge is -2.12. The molecule has 0 saturated heterocycles. The highest BCUT2D eigenvalue weighted by Crippen LogP contribution is 2.38. The molecule has 0 unspecified atom stereocenters. The quantitative estimate of drug-likeness (QED) is 0.360. The molecule has 0 aliphatic heterocycles. The van der Waals surface area contributed by atoms with Gasteiger partial charge in [0.2, 0.25) is 0 Å². The highest BCUT2D eigenvalue weighted by atomic mass is 35.5. The smallest absolute Gasteiger partial charge is 0.349 e. The number of thiophene rings is 1. The Balaban J connectivity index is 1.67. The second-order valence-corrected chi connectivity index (χ2v) is 8.52. The molecule has 0 spiro atoms. The van der Waals surface area contributed by atoms with Gasteiger partial charge in [-0.2, -0.15) is 5.26 Å². The van der Waals surface area contributed by atoms with Crippen LogP contribution in [0, 0.1) is 11.3 Å². The molecular weight excluding hydrogens is 452 g/mol. The number of rotatable bonds is 7. The summed E-state index contributed by atoms with van der Waals surface area (Å²) >= 11 is 7.17. The van der Waals surface area contributed by atoms with E-state index in [4.69, 9.17) is 21.1 Å². The molecule has 1 aliphatic carbocycles. The molecule has 3 rings (SSSR count). The molecule has 7 nitrogen and oxygen atoms in total. The molecule has 9 heteroatoms. The lowest BCUT2D eigenvalue weighted by molar-refractivity contribution is -0.142. The molecular formula is C23H21ClN2O5S. The maximum absolute atomic E-state index is 12.5. The topological polar surface area (TPSA) is 105 Å². The van der Waals surface area contributed by atoms with E-state index in [0.29, 0.717) is 21.2 Å². The van der Waals surface area contributed by atoms with Crippen LogP contribution in [0.1, 0.15) is 46.1 Å². The summed E-state index contributed by atoms with van der Waals surface area (Å²) in [6.45, 7) is 1.35. The Hall–Kier alpha value is -3.15. The summed E-state index contributed by atoms with van der Waals surface area (Å²) in [4.78, 5) is 38.2. The fourth-order valence-electron chi connectivity index (χ4n) is 3.31. The zero-order valence-electron chi connectivity index (χ0n) is 17.4. The molecule has 0 radical (unpaired) electrons. The number of benzene rings is 1. The molecule has 0 fully saturated rings. The largest absolute Gasteiger partial charge is 0.462 e. The van der Waals surface area contributed by atoms with Crippen molar-refractivity contribution < 1.29 is 23.9 Å². The first-order valence-electron chi connectivity index (χ1n) is 10.1. The van der Waals surface area contributed by atoms with Crippen LogP contribution < -0.4 is 5.32 Å². The van der Waals surface area contributed by atoms with Gasteiger partial charge in [-0.3, -0.25) is 4.79 Å². The number of ether oxygens (including phenoxy) is 2. The Morgan fingerprint density at radius 3 is 2.59 bits per heavy atom. The first kappa shape index (κ1) is 23.5. The van der Waals surface area contributed by atoms with Crippen LogP contribution in [-0.4, -0.2) is 31.1 Å². The molecule has 166 valence electrons. The van der Waals surface area contributed by atoms with Crippen molar-refractivity contribution in [2.45, 2.75) is 32.6 Å². The Labute approximate surface area is 194 Å². The summed E-state index contributed by atoms with van der Waals surface area (Å²) in [5, 5.41) is 12.8. The molecule has 1 aromatic heterocycles. The molecule has 1 N–H and O–H groups in total. The number of amides is 1. The second kappa shape index (κ2) is 10.9. The van der Waals surface area contributed by atoms with Crippen molar-refractivity contribution in [1.29, 1.82) is 5.26 Å². The summed E-state index contributed by atoms with van der Waals surface area (Å²) in [6.07, 6.45) is 4.95. The first-order chi connectivity index (χ1) is 15.4. The summed E-state index contributed by atoms with van der Waals surface area (Å²) < 4.78 is 10.2. The number of halogens is 1. The zero-order valence-corrected chi connectivity index (χ0v) is 19.0. The number of aryl methyl sites for hydroxylation is 1. The summed E-state index contributed by atoms with van der Waals surface area (Å²) in [6, 6.07) is 8.32. The number of fused-ring (bicyclic) bond motifs is 1. The van der Waals surface area contributed by atoms with Crippen molar-refractivity contribution in [3.05, 3.63) is 56.4 Å². The number of anilines is 1. The van der Waals surface area contributed by atoms with Crippen LogP contribution >= 0.6 is 22.9 Å². The third kappa shape index (κ3) is 5.75. The van der Waals surface area contributed by atoms with Crippen LogP contribution in [0.2, 0.25) is 5.02 Å². The summed E-state index contributed by atoms with van der Waals surface area (Å²) in [5.41, 5.74) is 1.64. The van der Waals surface area contributed by atoms with Crippen molar-refractivity contribution in [2.24, 2.45) is 0 Å². The molecule has 32 heavy (non-hydrogen) atoms. The number of nitrogens with one attached hydrogen (secondary N) is 1. The predicted octanol–water partition coefficient (Wildman–Crippen LogP) is 4.55. The van der Waals surface area contributed by atoms with Crippen molar-refractivity contribution >= 4 is 51.9 Å². The van der Waals surface area contributed by atoms with E-state index in [1.165, 1.54) is 17.4 Å². The summed E-state index contributed by atoms with van der Waals surface area (Å²) in [5.74, 6) is -2.00. The van der Waals surface area contributed by atoms with E-state index in [1.54, 1.807) is 37.3 Å². The highest BCUT2D eigenvalue weighted by molar-refractivity contribution is 7.17. The van der Waals surface area contributed by atoms with Crippen molar-refractivity contribution in [3.8, 4) is 6.07 Å². The van der Waals surface area contributed by atoms with Crippen molar-refractivity contribution in [1.82, 2.24) is 0 Å². The van der Waals surface area contributed by atoms with Gasteiger partial charge in [0.1, 0.15) is 16.6 Å². The third-order valence-corrected chi connectivity index (χ3v) is 6.22. The van der Waals surface area contributed by atoms with Gasteiger partial charge in [-0.1, -0.05) is 23.7 Å². The van der Waals surface area contributed by atoms with Gasteiger partial charge in [0.15, 0.2) is 6.61 Å². The number of nitrogens with zero attached hydrogens (tertiary/aromatic N) is 1. The standard InChI is InChI=1S/C23H21ClN2O5S/c1-2-30-23(29)20-17-5-3-4-6-18(17)32-21(20)26-19(27)13-31-22(28)15(12-25)11-14-7-9-16(24)10-8-14/h7-11H,2-6,13H2,1H3,(H,26,27). The van der Waals surface area contributed by atoms with E-state index < -0.39 is 24.5 Å². The average molecular weight is 473 g/mol. The van der Waals surface area contributed by atoms with E-state index in [1.807, 2.05) is 0 Å². The van der Waals surface area contributed by atoms with Gasteiger partial charge >= 0.3 is 11.9 Å². The number of carbonyl (C=O) groups excluding carboxylic acids is 3. The van der Waals surface area contributed by atoms with E-state index in [9.17, 15) is 19.6 Å². The van der Waals surface area contributed by atoms with Crippen molar-refractivity contribution in [2.75, 3.05) is 18.5 Å². The zero-order chi connectivity index (χ0) is 23.1. The van der Waals surface area contributed by atoms with E-state index in [-0.39, 0.29) is 12.2 Å². The lowest BCUT2D eigenvalue weighted by Crippen LogP contribution is -2.22. The van der Waals surface area contributed by atoms with Crippen LogP contribution in [0.4, 0.5) is 5.00 Å². The minimum absolute atomic E-state index is 0.228. The minimum Gasteiger partial charge on any atom is -0.462 e. The van der Waals surface area contributed by atoms with E-state index in [2.05, 4.69) is 5.32 Å².